The van der Waals surface area contributed by atoms with Crippen LogP contribution in [0.5, 0.6) is 0 Å². The molecule has 1 aliphatic rings. The van der Waals surface area contributed by atoms with E-state index in [2.05, 4.69) is 27.1 Å². The molecule has 2 unspecified atom stereocenters. The number of carbonyl (C=O) groups is 1. The number of halogens is 1. The van der Waals surface area contributed by atoms with Gasteiger partial charge < -0.3 is 14.7 Å². The van der Waals surface area contributed by atoms with Crippen LogP contribution in [0.25, 0.3) is 0 Å². The van der Waals surface area contributed by atoms with Crippen molar-refractivity contribution in [2.45, 2.75) is 44.1 Å². The molecule has 19 heavy (non-hydrogen) atoms. The molecule has 0 aliphatic carbocycles. The standard InChI is InChI=1S/C12H25IN2O3S/c1-12(2,3)18-11(17)15-7-6-10(9(16)8-15)19(4,5,13)14/h9-10,16H,4,6-8,14H2,1-3,5H3. The number of ether oxygens (including phenoxy) is 1. The third kappa shape index (κ3) is 5.20. The van der Waals surface area contributed by atoms with Crippen LogP contribution in [0.2, 0.25) is 0 Å². The lowest BCUT2D eigenvalue weighted by molar-refractivity contribution is 0.00519. The van der Waals surface area contributed by atoms with Crippen LogP contribution >= 0.6 is 27.3 Å². The minimum Gasteiger partial charge on any atom is -0.444 e. The van der Waals surface area contributed by atoms with E-state index >= 15 is 0 Å². The van der Waals surface area contributed by atoms with Crippen LogP contribution in [0.15, 0.2) is 0 Å². The Kier molecular flexibility index (Phi) is 4.67. The van der Waals surface area contributed by atoms with Gasteiger partial charge in [-0.1, -0.05) is 5.87 Å². The summed E-state index contributed by atoms with van der Waals surface area (Å²) in [5, 5.41) is 16.4. The monoisotopic (exact) mass is 404 g/mol. The molecule has 114 valence electrons. The van der Waals surface area contributed by atoms with Gasteiger partial charge in [-0.3, -0.25) is 5.14 Å². The zero-order valence-corrected chi connectivity index (χ0v) is 15.0. The predicted molar refractivity (Wildman–Crippen MR) is 91.1 cm³/mol. The summed E-state index contributed by atoms with van der Waals surface area (Å²) < 4.78 is 5.31. The van der Waals surface area contributed by atoms with Gasteiger partial charge in [-0.15, -0.1) is 0 Å². The molecule has 0 spiro atoms. The normalized spacial score (nSPS) is 27.5. The molecule has 1 saturated heterocycles. The molecule has 1 heterocycles. The lowest BCUT2D eigenvalue weighted by Gasteiger charge is -2.48. The van der Waals surface area contributed by atoms with Crippen LogP contribution < -0.4 is 5.14 Å². The van der Waals surface area contributed by atoms with Gasteiger partial charge in [0.15, 0.2) is 0 Å². The summed E-state index contributed by atoms with van der Waals surface area (Å²) >= 11 is 2.17. The molecule has 1 rings (SSSR count). The van der Waals surface area contributed by atoms with Gasteiger partial charge in [-0.25, -0.2) is 4.79 Å². The molecule has 3 N–H and O–H groups in total. The molecule has 1 amide bonds. The fourth-order valence-corrected chi connectivity index (χ4v) is 5.57. The fraction of sp³-hybridized carbons (Fsp3) is 0.833. The second-order valence-corrected chi connectivity index (χ2v) is 18.0. The second-order valence-electron chi connectivity index (χ2n) is 6.49. The molecule has 0 bridgehead atoms. The third-order valence-corrected chi connectivity index (χ3v) is 7.10. The Morgan fingerprint density at radius 3 is 2.47 bits per heavy atom. The maximum Gasteiger partial charge on any atom is 0.410 e. The van der Waals surface area contributed by atoms with E-state index in [1.807, 2.05) is 27.0 Å². The first kappa shape index (κ1) is 17.2. The van der Waals surface area contributed by atoms with Crippen molar-refractivity contribution in [1.82, 2.24) is 4.90 Å². The van der Waals surface area contributed by atoms with Crippen molar-refractivity contribution in [2.75, 3.05) is 19.3 Å². The summed E-state index contributed by atoms with van der Waals surface area (Å²) in [5.41, 5.74) is -0.523. The maximum atomic E-state index is 11.9. The van der Waals surface area contributed by atoms with Gasteiger partial charge in [0.25, 0.3) is 0 Å². The Balaban J connectivity index is 2.70. The number of hydrogen-bond donors (Lipinski definition) is 2. The van der Waals surface area contributed by atoms with Crippen molar-refractivity contribution in [2.24, 2.45) is 5.14 Å². The first-order valence-corrected chi connectivity index (χ1v) is 11.5. The molecular weight excluding hydrogens is 379 g/mol. The van der Waals surface area contributed by atoms with Crippen molar-refractivity contribution in [3.8, 4) is 0 Å². The molecular formula is C12H25IN2O3S. The summed E-state index contributed by atoms with van der Waals surface area (Å²) in [5.74, 6) is 4.08. The molecule has 1 fully saturated rings. The smallest absolute Gasteiger partial charge is 0.410 e. The van der Waals surface area contributed by atoms with Gasteiger partial charge in [-0.2, -0.15) is 6.11 Å². The number of likely N-dealkylation sites (tertiary alicyclic amines) is 1. The van der Waals surface area contributed by atoms with Gasteiger partial charge in [0.2, 0.25) is 0 Å². The van der Waals surface area contributed by atoms with Crippen LogP contribution in [0.3, 0.4) is 0 Å². The Labute approximate surface area is 127 Å². The van der Waals surface area contributed by atoms with E-state index in [1.54, 1.807) is 4.90 Å². The highest BCUT2D eigenvalue weighted by atomic mass is 127. The van der Waals surface area contributed by atoms with E-state index in [0.717, 1.165) is 0 Å². The highest BCUT2D eigenvalue weighted by molar-refractivity contribution is 14.2. The minimum absolute atomic E-state index is 0.0590. The van der Waals surface area contributed by atoms with E-state index in [-0.39, 0.29) is 17.9 Å². The number of carbonyl (C=O) groups excluding carboxylic acids is 1. The number of rotatable bonds is 1. The van der Waals surface area contributed by atoms with E-state index in [1.165, 1.54) is 0 Å². The van der Waals surface area contributed by atoms with E-state index in [0.29, 0.717) is 13.0 Å². The number of nitrogens with two attached hydrogens (primary N) is 1. The third-order valence-electron chi connectivity index (χ3n) is 2.98. The largest absolute Gasteiger partial charge is 0.444 e. The van der Waals surface area contributed by atoms with Crippen molar-refractivity contribution < 1.29 is 14.6 Å². The molecule has 5 nitrogen and oxygen atoms in total. The Hall–Kier alpha value is 0.140. The molecule has 0 aromatic rings. The first-order valence-electron chi connectivity index (χ1n) is 6.20. The fourth-order valence-electron chi connectivity index (χ4n) is 2.13. The van der Waals surface area contributed by atoms with Gasteiger partial charge in [0, 0.05) is 11.8 Å². The number of piperidine rings is 1. The zero-order chi connectivity index (χ0) is 15.1. The maximum absolute atomic E-state index is 11.9. The van der Waals surface area contributed by atoms with E-state index < -0.39 is 17.8 Å². The average molecular weight is 404 g/mol. The quantitative estimate of drug-likeness (QED) is 0.518. The van der Waals surface area contributed by atoms with Crippen LogP contribution in [0, 0.1) is 0 Å². The first-order chi connectivity index (χ1) is 8.26. The molecule has 7 heteroatoms. The summed E-state index contributed by atoms with van der Waals surface area (Å²) in [6.45, 7) is 6.28. The van der Waals surface area contributed by atoms with Crippen LogP contribution in [-0.2, 0) is 4.74 Å². The van der Waals surface area contributed by atoms with E-state index in [9.17, 15) is 9.90 Å². The van der Waals surface area contributed by atoms with E-state index in [4.69, 9.17) is 9.88 Å². The Morgan fingerprint density at radius 1 is 1.58 bits per heavy atom. The SMILES string of the molecule is C=S(C)(N)(I)C1CCN(C(=O)OC(C)(C)C)CC1O. The molecule has 2 atom stereocenters. The molecule has 0 aromatic carbocycles. The van der Waals surface area contributed by atoms with Crippen molar-refractivity contribution >= 4 is 39.3 Å². The van der Waals surface area contributed by atoms with Gasteiger partial charge in [0.1, 0.15) is 5.60 Å². The van der Waals surface area contributed by atoms with Gasteiger partial charge in [0.05, 0.1) is 12.6 Å². The molecule has 0 aromatic heterocycles. The van der Waals surface area contributed by atoms with Crippen molar-refractivity contribution in [3.05, 3.63) is 0 Å². The topological polar surface area (TPSA) is 75.8 Å². The van der Waals surface area contributed by atoms with Crippen LogP contribution in [0.1, 0.15) is 27.2 Å². The summed E-state index contributed by atoms with van der Waals surface area (Å²) in [6, 6.07) is 0. The summed E-state index contributed by atoms with van der Waals surface area (Å²) in [4.78, 5) is 13.5. The number of β-amino-alcohol motifs (C(OH)–C–C–N with tert-alkyl or cyclic N) is 1. The average Bonchev–Trinajstić information content (AvgIpc) is 2.11. The molecule has 0 saturated carbocycles. The lowest BCUT2D eigenvalue weighted by atomic mass is 10.1. The van der Waals surface area contributed by atoms with Crippen molar-refractivity contribution in [3.63, 3.8) is 0 Å². The number of hydrogen-bond acceptors (Lipinski definition) is 4. The van der Waals surface area contributed by atoms with Gasteiger partial charge >= 0.3 is 6.09 Å². The highest BCUT2D eigenvalue weighted by Gasteiger charge is 2.39. The zero-order valence-electron chi connectivity index (χ0n) is 12.1. The van der Waals surface area contributed by atoms with Crippen LogP contribution in [-0.4, -0.2) is 58.3 Å². The van der Waals surface area contributed by atoms with Crippen LogP contribution in [0.4, 0.5) is 4.79 Å². The Morgan fingerprint density at radius 2 is 2.11 bits per heavy atom. The minimum atomic E-state index is -2.36. The molecule has 1 aliphatic heterocycles. The summed E-state index contributed by atoms with van der Waals surface area (Å²) in [6.07, 6.45) is -0.817. The molecule has 0 radical (unpaired) electrons. The van der Waals surface area contributed by atoms with Gasteiger partial charge in [-0.05, 0) is 54.7 Å². The number of amides is 1. The lowest BCUT2D eigenvalue weighted by Crippen LogP contribution is -2.52. The highest BCUT2D eigenvalue weighted by Crippen LogP contribution is 2.60. The van der Waals surface area contributed by atoms with Crippen molar-refractivity contribution in [1.29, 1.82) is 0 Å². The predicted octanol–water partition coefficient (Wildman–Crippen LogP) is 1.98. The summed E-state index contributed by atoms with van der Waals surface area (Å²) in [7, 11) is 0. The number of aliphatic hydroxyl groups excluding tert-OH is 1. The second kappa shape index (κ2) is 5.16. The number of aliphatic hydroxyl groups is 1. The Bertz CT molecular complexity index is 416. The number of nitrogens with zero attached hydrogens (tertiary/aromatic N) is 1.